The largest absolute Gasteiger partial charge is 0.447 e. The minimum Gasteiger partial charge on any atom is -0.447 e. The van der Waals surface area contributed by atoms with Gasteiger partial charge in [-0.1, -0.05) is 20.8 Å². The van der Waals surface area contributed by atoms with Gasteiger partial charge >= 0.3 is 6.09 Å². The number of alkyl carbamates (subject to hydrolysis) is 1. The normalized spacial score (nSPS) is 13.4. The van der Waals surface area contributed by atoms with Crippen LogP contribution in [-0.2, 0) is 4.74 Å². The number of hydrogen-bond donors (Lipinski definition) is 1. The minimum atomic E-state index is -0.305. The van der Waals surface area contributed by atoms with Crippen LogP contribution in [0.5, 0.6) is 0 Å². The molecule has 0 aromatic rings. The van der Waals surface area contributed by atoms with Crippen LogP contribution in [0.2, 0.25) is 0 Å². The maximum absolute atomic E-state index is 11.1. The van der Waals surface area contributed by atoms with E-state index in [2.05, 4.69) is 26.1 Å². The van der Waals surface area contributed by atoms with Crippen LogP contribution in [-0.4, -0.2) is 18.7 Å². The molecule has 0 spiro atoms. The highest BCUT2D eigenvalue weighted by molar-refractivity contribution is 5.67. The Morgan fingerprint density at radius 3 is 2.47 bits per heavy atom. The van der Waals surface area contributed by atoms with Gasteiger partial charge in [0, 0.05) is 6.54 Å². The standard InChI is InChI=1S/C12H25NO2/c1-6-13-11(14)15-10(2)8-7-9-12(3,4)5/h10H,6-9H2,1-5H3,(H,13,14). The average Bonchev–Trinajstić information content (AvgIpc) is 2.01. The molecule has 0 aliphatic heterocycles. The quantitative estimate of drug-likeness (QED) is 0.764. The minimum absolute atomic E-state index is 0.0129. The van der Waals surface area contributed by atoms with Crippen molar-refractivity contribution >= 4 is 6.09 Å². The lowest BCUT2D eigenvalue weighted by molar-refractivity contribution is 0.0995. The molecule has 1 unspecified atom stereocenters. The van der Waals surface area contributed by atoms with Gasteiger partial charge in [-0.05, 0) is 38.5 Å². The van der Waals surface area contributed by atoms with Gasteiger partial charge in [-0.25, -0.2) is 4.79 Å². The van der Waals surface area contributed by atoms with Gasteiger partial charge in [-0.2, -0.15) is 0 Å². The Balaban J connectivity index is 3.57. The second-order valence-corrected chi connectivity index (χ2v) is 5.20. The van der Waals surface area contributed by atoms with Crippen LogP contribution in [0.3, 0.4) is 0 Å². The molecular formula is C12H25NO2. The summed E-state index contributed by atoms with van der Waals surface area (Å²) in [5.41, 5.74) is 0.366. The van der Waals surface area contributed by atoms with Crippen molar-refractivity contribution in [2.24, 2.45) is 5.41 Å². The van der Waals surface area contributed by atoms with Crippen molar-refractivity contribution in [3.05, 3.63) is 0 Å². The smallest absolute Gasteiger partial charge is 0.407 e. The number of amides is 1. The van der Waals surface area contributed by atoms with E-state index in [9.17, 15) is 4.79 Å². The summed E-state index contributed by atoms with van der Waals surface area (Å²) >= 11 is 0. The number of hydrogen-bond acceptors (Lipinski definition) is 2. The Morgan fingerprint density at radius 2 is 2.00 bits per heavy atom. The maximum atomic E-state index is 11.1. The molecule has 15 heavy (non-hydrogen) atoms. The number of carbonyl (C=O) groups is 1. The average molecular weight is 215 g/mol. The first-order valence-electron chi connectivity index (χ1n) is 5.79. The van der Waals surface area contributed by atoms with Crippen molar-refractivity contribution in [2.45, 2.75) is 60.0 Å². The number of nitrogens with one attached hydrogen (secondary N) is 1. The molecule has 0 aliphatic rings. The fourth-order valence-corrected chi connectivity index (χ4v) is 1.35. The summed E-state index contributed by atoms with van der Waals surface area (Å²) in [5.74, 6) is 0. The fraction of sp³-hybridized carbons (Fsp3) is 0.917. The summed E-state index contributed by atoms with van der Waals surface area (Å²) in [6.07, 6.45) is 2.91. The second kappa shape index (κ2) is 6.70. The molecule has 0 aromatic heterocycles. The third-order valence-electron chi connectivity index (χ3n) is 2.17. The van der Waals surface area contributed by atoms with E-state index < -0.39 is 0 Å². The Labute approximate surface area is 93.6 Å². The van der Waals surface area contributed by atoms with Crippen LogP contribution in [0.25, 0.3) is 0 Å². The van der Waals surface area contributed by atoms with Crippen molar-refractivity contribution < 1.29 is 9.53 Å². The van der Waals surface area contributed by atoms with Gasteiger partial charge in [-0.3, -0.25) is 0 Å². The molecule has 1 amide bonds. The summed E-state index contributed by atoms with van der Waals surface area (Å²) in [6, 6.07) is 0. The van der Waals surface area contributed by atoms with Crippen molar-refractivity contribution in [3.63, 3.8) is 0 Å². The van der Waals surface area contributed by atoms with E-state index in [1.807, 2.05) is 13.8 Å². The molecule has 0 heterocycles. The first-order valence-corrected chi connectivity index (χ1v) is 5.79. The van der Waals surface area contributed by atoms with E-state index in [4.69, 9.17) is 4.74 Å². The lowest BCUT2D eigenvalue weighted by Gasteiger charge is -2.19. The van der Waals surface area contributed by atoms with Gasteiger partial charge in [0.25, 0.3) is 0 Å². The molecule has 0 radical (unpaired) electrons. The zero-order chi connectivity index (χ0) is 11.9. The van der Waals surface area contributed by atoms with Crippen LogP contribution in [0.4, 0.5) is 4.79 Å². The maximum Gasteiger partial charge on any atom is 0.407 e. The molecule has 0 rings (SSSR count). The van der Waals surface area contributed by atoms with Crippen LogP contribution in [0, 0.1) is 5.41 Å². The van der Waals surface area contributed by atoms with Crippen molar-refractivity contribution in [3.8, 4) is 0 Å². The number of rotatable bonds is 5. The molecule has 0 aliphatic carbocycles. The molecule has 0 saturated heterocycles. The lowest BCUT2D eigenvalue weighted by Crippen LogP contribution is -2.27. The van der Waals surface area contributed by atoms with E-state index >= 15 is 0 Å². The molecule has 0 bridgehead atoms. The van der Waals surface area contributed by atoms with Crippen LogP contribution in [0.15, 0.2) is 0 Å². The monoisotopic (exact) mass is 215 g/mol. The predicted molar refractivity (Wildman–Crippen MR) is 62.9 cm³/mol. The van der Waals surface area contributed by atoms with Gasteiger partial charge in [0.1, 0.15) is 6.10 Å². The molecular weight excluding hydrogens is 190 g/mol. The lowest BCUT2D eigenvalue weighted by atomic mass is 9.89. The van der Waals surface area contributed by atoms with Gasteiger partial charge in [0.15, 0.2) is 0 Å². The molecule has 3 heteroatoms. The zero-order valence-corrected chi connectivity index (χ0v) is 10.7. The predicted octanol–water partition coefficient (Wildman–Crippen LogP) is 3.34. The summed E-state index contributed by atoms with van der Waals surface area (Å²) in [4.78, 5) is 11.1. The van der Waals surface area contributed by atoms with E-state index in [0.717, 1.165) is 19.3 Å². The Bertz CT molecular complexity index is 185. The Hall–Kier alpha value is -0.730. The summed E-state index contributed by atoms with van der Waals surface area (Å²) in [7, 11) is 0. The molecule has 3 nitrogen and oxygen atoms in total. The third kappa shape index (κ3) is 9.57. The van der Waals surface area contributed by atoms with Gasteiger partial charge in [0.2, 0.25) is 0 Å². The number of carbonyl (C=O) groups excluding carboxylic acids is 1. The number of ether oxygens (including phenoxy) is 1. The third-order valence-corrected chi connectivity index (χ3v) is 2.17. The summed E-state index contributed by atoms with van der Waals surface area (Å²) < 4.78 is 5.16. The Morgan fingerprint density at radius 1 is 1.40 bits per heavy atom. The van der Waals surface area contributed by atoms with Gasteiger partial charge < -0.3 is 10.1 Å². The van der Waals surface area contributed by atoms with Crippen molar-refractivity contribution in [1.29, 1.82) is 0 Å². The molecule has 1 atom stereocenters. The van der Waals surface area contributed by atoms with Gasteiger partial charge in [-0.15, -0.1) is 0 Å². The first kappa shape index (κ1) is 14.3. The van der Waals surface area contributed by atoms with Crippen LogP contribution < -0.4 is 5.32 Å². The summed E-state index contributed by atoms with van der Waals surface area (Å²) in [6.45, 7) is 11.1. The molecule has 0 aromatic carbocycles. The van der Waals surface area contributed by atoms with E-state index in [1.165, 1.54) is 0 Å². The highest BCUT2D eigenvalue weighted by Crippen LogP contribution is 2.22. The second-order valence-electron chi connectivity index (χ2n) is 5.20. The van der Waals surface area contributed by atoms with E-state index in [1.54, 1.807) is 0 Å². The Kier molecular flexibility index (Phi) is 6.37. The SMILES string of the molecule is CCNC(=O)OC(C)CCCC(C)(C)C. The van der Waals surface area contributed by atoms with Crippen molar-refractivity contribution in [2.75, 3.05) is 6.54 Å². The first-order chi connectivity index (χ1) is 6.85. The topological polar surface area (TPSA) is 38.3 Å². The van der Waals surface area contributed by atoms with Crippen LogP contribution in [0.1, 0.15) is 53.9 Å². The van der Waals surface area contributed by atoms with E-state index in [0.29, 0.717) is 12.0 Å². The molecule has 0 fully saturated rings. The molecule has 90 valence electrons. The summed E-state index contributed by atoms with van der Waals surface area (Å²) in [5, 5.41) is 2.62. The molecule has 1 N–H and O–H groups in total. The highest BCUT2D eigenvalue weighted by atomic mass is 16.6. The van der Waals surface area contributed by atoms with Crippen LogP contribution >= 0.6 is 0 Å². The highest BCUT2D eigenvalue weighted by Gasteiger charge is 2.12. The fourth-order valence-electron chi connectivity index (χ4n) is 1.35. The van der Waals surface area contributed by atoms with E-state index in [-0.39, 0.29) is 12.2 Å². The van der Waals surface area contributed by atoms with Gasteiger partial charge in [0.05, 0.1) is 0 Å². The zero-order valence-electron chi connectivity index (χ0n) is 10.7. The molecule has 0 saturated carbocycles. The van der Waals surface area contributed by atoms with Crippen molar-refractivity contribution in [1.82, 2.24) is 5.32 Å².